The minimum absolute atomic E-state index is 0.224. The van der Waals surface area contributed by atoms with E-state index in [0.29, 0.717) is 26.4 Å². The van der Waals surface area contributed by atoms with E-state index in [1.165, 1.54) is 0 Å². The number of hydrogen-bond donors (Lipinski definition) is 1. The third-order valence-electron chi connectivity index (χ3n) is 6.86. The largest absolute Gasteiger partial charge is 0.374 e. The fourth-order valence-electron chi connectivity index (χ4n) is 4.77. The molecule has 0 saturated carbocycles. The second-order valence-electron chi connectivity index (χ2n) is 9.85. The second kappa shape index (κ2) is 14.9. The molecule has 208 valence electrons. The quantitative estimate of drug-likeness (QED) is 0.236. The molecule has 1 aliphatic heterocycles. The van der Waals surface area contributed by atoms with E-state index < -0.39 is 30.7 Å². The lowest BCUT2D eigenvalue weighted by Crippen LogP contribution is -2.61. The molecule has 1 N–H and O–H groups in total. The minimum atomic E-state index is -1.22. The number of aliphatic hydroxyl groups excluding tert-OH is 1. The van der Waals surface area contributed by atoms with Gasteiger partial charge in [-0.1, -0.05) is 121 Å². The highest BCUT2D eigenvalue weighted by Gasteiger charge is 2.48. The summed E-state index contributed by atoms with van der Waals surface area (Å²) in [5.41, 5.74) is 4.10. The van der Waals surface area contributed by atoms with E-state index in [-0.39, 0.29) is 6.61 Å². The fraction of sp³-hybridized carbons (Fsp3) is 0.294. The molecule has 0 spiro atoms. The van der Waals surface area contributed by atoms with Crippen LogP contribution in [0.5, 0.6) is 0 Å². The van der Waals surface area contributed by atoms with E-state index in [0.717, 1.165) is 22.3 Å². The zero-order chi connectivity index (χ0) is 27.4. The number of benzene rings is 4. The van der Waals surface area contributed by atoms with Crippen LogP contribution < -0.4 is 0 Å². The van der Waals surface area contributed by atoms with Crippen LogP contribution in [-0.4, -0.2) is 42.4 Å². The summed E-state index contributed by atoms with van der Waals surface area (Å²) < 4.78 is 31.4. The molecule has 6 heteroatoms. The summed E-state index contributed by atoms with van der Waals surface area (Å²) >= 11 is 0. The van der Waals surface area contributed by atoms with Crippen LogP contribution >= 0.6 is 0 Å². The van der Waals surface area contributed by atoms with Crippen molar-refractivity contribution in [3.05, 3.63) is 144 Å². The summed E-state index contributed by atoms with van der Waals surface area (Å²) in [4.78, 5) is 0. The van der Waals surface area contributed by atoms with Gasteiger partial charge in [0.05, 0.1) is 33.0 Å². The van der Waals surface area contributed by atoms with Crippen LogP contribution in [0, 0.1) is 0 Å². The summed E-state index contributed by atoms with van der Waals surface area (Å²) in [5.74, 6) is 0. The van der Waals surface area contributed by atoms with Gasteiger partial charge in [-0.15, -0.1) is 0 Å². The molecule has 4 aromatic carbocycles. The van der Waals surface area contributed by atoms with Gasteiger partial charge in [0.2, 0.25) is 0 Å². The van der Waals surface area contributed by atoms with Crippen molar-refractivity contribution in [2.24, 2.45) is 0 Å². The molecule has 1 unspecified atom stereocenters. The van der Waals surface area contributed by atoms with E-state index in [1.807, 2.05) is 121 Å². The first-order chi connectivity index (χ1) is 19.8. The van der Waals surface area contributed by atoms with Gasteiger partial charge in [0.25, 0.3) is 0 Å². The summed E-state index contributed by atoms with van der Waals surface area (Å²) in [7, 11) is 0. The molecule has 5 rings (SSSR count). The summed E-state index contributed by atoms with van der Waals surface area (Å²) in [6.45, 7) is 1.65. The van der Waals surface area contributed by atoms with Crippen LogP contribution in [0.25, 0.3) is 0 Å². The summed E-state index contributed by atoms with van der Waals surface area (Å²) in [5, 5.41) is 11.2. The van der Waals surface area contributed by atoms with Crippen molar-refractivity contribution in [1.82, 2.24) is 0 Å². The third kappa shape index (κ3) is 8.08. The first kappa shape index (κ1) is 28.2. The molecule has 0 amide bonds. The van der Waals surface area contributed by atoms with Crippen LogP contribution in [0.1, 0.15) is 22.3 Å². The molecule has 0 radical (unpaired) electrons. The Morgan fingerprint density at radius 3 is 1.30 bits per heavy atom. The fourth-order valence-corrected chi connectivity index (χ4v) is 4.77. The maximum Gasteiger partial charge on any atom is 0.184 e. The average molecular weight is 541 g/mol. The highest BCUT2D eigenvalue weighted by atomic mass is 16.7. The van der Waals surface area contributed by atoms with Crippen LogP contribution in [0.15, 0.2) is 121 Å². The highest BCUT2D eigenvalue weighted by Crippen LogP contribution is 2.30. The Morgan fingerprint density at radius 2 is 0.850 bits per heavy atom. The second-order valence-corrected chi connectivity index (χ2v) is 9.85. The van der Waals surface area contributed by atoms with Crippen LogP contribution in [-0.2, 0) is 50.1 Å². The van der Waals surface area contributed by atoms with Gasteiger partial charge in [0.1, 0.15) is 24.4 Å². The van der Waals surface area contributed by atoms with Crippen LogP contribution in [0.4, 0.5) is 0 Å². The van der Waals surface area contributed by atoms with Gasteiger partial charge in [0, 0.05) is 0 Å². The van der Waals surface area contributed by atoms with Crippen molar-refractivity contribution in [2.75, 3.05) is 6.61 Å². The van der Waals surface area contributed by atoms with E-state index in [2.05, 4.69) is 0 Å². The monoisotopic (exact) mass is 540 g/mol. The lowest BCUT2D eigenvalue weighted by molar-refractivity contribution is -0.317. The molecule has 1 fully saturated rings. The Hall–Kier alpha value is -3.36. The van der Waals surface area contributed by atoms with Crippen molar-refractivity contribution >= 4 is 0 Å². The predicted octanol–water partition coefficient (Wildman–Crippen LogP) is 5.68. The number of aliphatic hydroxyl groups is 1. The Kier molecular flexibility index (Phi) is 10.5. The SMILES string of the molecule is OC1O[C@@H](COCc2ccccc2)[C@H](OCc2ccccc2)[C@H](OCc2ccccc2)[C@H]1OCc1ccccc1. The van der Waals surface area contributed by atoms with Crippen LogP contribution in [0.2, 0.25) is 0 Å². The van der Waals surface area contributed by atoms with Crippen molar-refractivity contribution < 1.29 is 28.8 Å². The van der Waals surface area contributed by atoms with E-state index in [4.69, 9.17) is 23.7 Å². The lowest BCUT2D eigenvalue weighted by atomic mass is 9.98. The van der Waals surface area contributed by atoms with Crippen molar-refractivity contribution in [1.29, 1.82) is 0 Å². The van der Waals surface area contributed by atoms with Gasteiger partial charge in [-0.2, -0.15) is 0 Å². The molecular weight excluding hydrogens is 504 g/mol. The first-order valence-electron chi connectivity index (χ1n) is 13.7. The van der Waals surface area contributed by atoms with Gasteiger partial charge < -0.3 is 28.8 Å². The summed E-state index contributed by atoms with van der Waals surface area (Å²) in [6, 6.07) is 39.7. The zero-order valence-corrected chi connectivity index (χ0v) is 22.5. The molecule has 1 aliphatic rings. The molecule has 0 aromatic heterocycles. The number of rotatable bonds is 13. The van der Waals surface area contributed by atoms with Gasteiger partial charge in [-0.05, 0) is 22.3 Å². The predicted molar refractivity (Wildman–Crippen MR) is 152 cm³/mol. The topological polar surface area (TPSA) is 66.4 Å². The standard InChI is InChI=1S/C34H36O6/c35-34-33(39-24-29-19-11-4-12-20-29)32(38-23-28-17-9-3-10-18-28)31(37-22-27-15-7-2-8-16-27)30(40-34)25-36-21-26-13-5-1-6-14-26/h1-20,30-35H,21-25H2/t30-,31-,32-,33+,34?/m0/s1. The minimum Gasteiger partial charge on any atom is -0.374 e. The van der Waals surface area contributed by atoms with Gasteiger partial charge in [0.15, 0.2) is 6.29 Å². The number of ether oxygens (including phenoxy) is 5. The molecule has 0 aliphatic carbocycles. The molecule has 4 aromatic rings. The Labute approximate surface area is 236 Å². The molecule has 6 nitrogen and oxygen atoms in total. The van der Waals surface area contributed by atoms with E-state index in [1.54, 1.807) is 0 Å². The van der Waals surface area contributed by atoms with E-state index >= 15 is 0 Å². The molecule has 40 heavy (non-hydrogen) atoms. The van der Waals surface area contributed by atoms with E-state index in [9.17, 15) is 5.11 Å². The highest BCUT2D eigenvalue weighted by molar-refractivity contribution is 5.16. The molecule has 0 bridgehead atoms. The Morgan fingerprint density at radius 1 is 0.475 bits per heavy atom. The zero-order valence-electron chi connectivity index (χ0n) is 22.5. The number of hydrogen-bond acceptors (Lipinski definition) is 6. The molecule has 1 heterocycles. The molecule has 1 saturated heterocycles. The maximum absolute atomic E-state index is 11.2. The molecule has 5 atom stereocenters. The van der Waals surface area contributed by atoms with Crippen molar-refractivity contribution in [2.45, 2.75) is 57.1 Å². The first-order valence-corrected chi connectivity index (χ1v) is 13.7. The average Bonchev–Trinajstić information content (AvgIpc) is 3.01. The van der Waals surface area contributed by atoms with Gasteiger partial charge in [-0.3, -0.25) is 0 Å². The third-order valence-corrected chi connectivity index (χ3v) is 6.86. The normalized spacial score (nSPS) is 22.7. The lowest BCUT2D eigenvalue weighted by Gasteiger charge is -2.44. The molecular formula is C34H36O6. The van der Waals surface area contributed by atoms with Gasteiger partial charge in [-0.25, -0.2) is 0 Å². The maximum atomic E-state index is 11.2. The smallest absolute Gasteiger partial charge is 0.184 e. The Balaban J connectivity index is 1.36. The van der Waals surface area contributed by atoms with Crippen molar-refractivity contribution in [3.8, 4) is 0 Å². The van der Waals surface area contributed by atoms with Crippen molar-refractivity contribution in [3.63, 3.8) is 0 Å². The Bertz CT molecular complexity index is 1240. The van der Waals surface area contributed by atoms with Crippen LogP contribution in [0.3, 0.4) is 0 Å². The summed E-state index contributed by atoms with van der Waals surface area (Å²) in [6.07, 6.45) is -3.72. The van der Waals surface area contributed by atoms with Gasteiger partial charge >= 0.3 is 0 Å².